The number of amides is 1. The molecule has 1 unspecified atom stereocenters. The van der Waals surface area contributed by atoms with Gasteiger partial charge in [-0.15, -0.1) is 12.4 Å². The highest BCUT2D eigenvalue weighted by atomic mass is 35.5. The molecule has 2 aliphatic heterocycles. The van der Waals surface area contributed by atoms with Crippen molar-refractivity contribution >= 4 is 28.3 Å². The minimum Gasteiger partial charge on any atom is -0.336 e. The minimum absolute atomic E-state index is 0. The Morgan fingerprint density at radius 3 is 2.54 bits per heavy atom. The van der Waals surface area contributed by atoms with E-state index in [1.807, 2.05) is 0 Å². The average molecular weight is 414 g/mol. The third-order valence-electron chi connectivity index (χ3n) is 4.54. The average Bonchev–Trinajstić information content (AvgIpc) is 2.60. The van der Waals surface area contributed by atoms with E-state index in [4.69, 9.17) is 0 Å². The molecule has 11 heteroatoms. The number of hydrogen-bond acceptors (Lipinski definition) is 4. The summed E-state index contributed by atoms with van der Waals surface area (Å²) in [4.78, 5) is 12.7. The number of halogens is 4. The monoisotopic (exact) mass is 413 g/mol. The largest absolute Gasteiger partial charge is 0.336 e. The number of benzene rings is 1. The summed E-state index contributed by atoms with van der Waals surface area (Å²) in [5, 5.41) is 2.94. The highest BCUT2D eigenvalue weighted by Crippen LogP contribution is 2.27. The molecule has 6 nitrogen and oxygen atoms in total. The SMILES string of the molecule is Cl.O=C1CNCCN1C1CCCN(S(=O)(=O)c2ccc(F)c(F)c2F)C1. The molecule has 2 aliphatic rings. The predicted molar refractivity (Wildman–Crippen MR) is 89.9 cm³/mol. The fourth-order valence-corrected chi connectivity index (χ4v) is 4.82. The first-order valence-electron chi connectivity index (χ1n) is 7.96. The van der Waals surface area contributed by atoms with Gasteiger partial charge in [0.25, 0.3) is 0 Å². The van der Waals surface area contributed by atoms with Gasteiger partial charge in [-0.2, -0.15) is 4.31 Å². The molecule has 1 atom stereocenters. The van der Waals surface area contributed by atoms with E-state index in [9.17, 15) is 26.4 Å². The van der Waals surface area contributed by atoms with Crippen LogP contribution in [0.4, 0.5) is 13.2 Å². The van der Waals surface area contributed by atoms with E-state index in [1.54, 1.807) is 4.90 Å². The summed E-state index contributed by atoms with van der Waals surface area (Å²) in [7, 11) is -4.32. The normalized spacial score (nSPS) is 22.2. The molecular formula is C15H19ClF3N3O3S. The Labute approximate surface area is 155 Å². The second-order valence-electron chi connectivity index (χ2n) is 6.10. The van der Waals surface area contributed by atoms with Crippen molar-refractivity contribution in [2.45, 2.75) is 23.8 Å². The van der Waals surface area contributed by atoms with Crippen LogP contribution in [0.1, 0.15) is 12.8 Å². The zero-order valence-corrected chi connectivity index (χ0v) is 15.4. The van der Waals surface area contributed by atoms with Gasteiger partial charge in [0, 0.05) is 32.2 Å². The Morgan fingerprint density at radius 2 is 1.85 bits per heavy atom. The molecule has 2 heterocycles. The third kappa shape index (κ3) is 3.83. The zero-order valence-electron chi connectivity index (χ0n) is 13.8. The molecular weight excluding hydrogens is 395 g/mol. The molecule has 2 saturated heterocycles. The maximum atomic E-state index is 13.9. The number of piperazine rings is 1. The lowest BCUT2D eigenvalue weighted by molar-refractivity contribution is -0.135. The fraction of sp³-hybridized carbons (Fsp3) is 0.533. The predicted octanol–water partition coefficient (Wildman–Crippen LogP) is 1.11. The van der Waals surface area contributed by atoms with Gasteiger partial charge >= 0.3 is 0 Å². The van der Waals surface area contributed by atoms with Crippen LogP contribution in [-0.2, 0) is 14.8 Å². The maximum absolute atomic E-state index is 13.9. The quantitative estimate of drug-likeness (QED) is 0.754. The molecule has 0 saturated carbocycles. The fourth-order valence-electron chi connectivity index (χ4n) is 3.25. The molecule has 1 aromatic rings. The first kappa shape index (κ1) is 20.9. The van der Waals surface area contributed by atoms with E-state index in [-0.39, 0.29) is 44.0 Å². The first-order valence-corrected chi connectivity index (χ1v) is 9.40. The number of rotatable bonds is 3. The first-order chi connectivity index (χ1) is 11.8. The molecule has 146 valence electrons. The summed E-state index contributed by atoms with van der Waals surface area (Å²) in [6, 6.07) is 1.00. The summed E-state index contributed by atoms with van der Waals surface area (Å²) in [6.07, 6.45) is 1.13. The van der Waals surface area contributed by atoms with Gasteiger partial charge < -0.3 is 10.2 Å². The molecule has 26 heavy (non-hydrogen) atoms. The summed E-state index contributed by atoms with van der Waals surface area (Å²) < 4.78 is 66.8. The summed E-state index contributed by atoms with van der Waals surface area (Å²) in [5.74, 6) is -5.10. The molecule has 1 amide bonds. The van der Waals surface area contributed by atoms with Crippen molar-refractivity contribution in [2.75, 3.05) is 32.7 Å². The number of carbonyl (C=O) groups excluding carboxylic acids is 1. The van der Waals surface area contributed by atoms with E-state index in [0.29, 0.717) is 32.0 Å². The molecule has 0 bridgehead atoms. The highest BCUT2D eigenvalue weighted by Gasteiger charge is 2.37. The van der Waals surface area contributed by atoms with E-state index in [0.717, 1.165) is 10.4 Å². The van der Waals surface area contributed by atoms with Crippen LogP contribution in [0, 0.1) is 17.5 Å². The van der Waals surface area contributed by atoms with E-state index in [1.165, 1.54) is 0 Å². The van der Waals surface area contributed by atoms with Gasteiger partial charge in [0.15, 0.2) is 17.5 Å². The molecule has 2 fully saturated rings. The van der Waals surface area contributed by atoms with Crippen molar-refractivity contribution in [3.8, 4) is 0 Å². The van der Waals surface area contributed by atoms with Gasteiger partial charge in [0.05, 0.1) is 6.54 Å². The maximum Gasteiger partial charge on any atom is 0.246 e. The second kappa shape index (κ2) is 8.12. The van der Waals surface area contributed by atoms with E-state index >= 15 is 0 Å². The number of piperidine rings is 1. The Hall–Kier alpha value is -1.36. The summed E-state index contributed by atoms with van der Waals surface area (Å²) in [5.41, 5.74) is 0. The van der Waals surface area contributed by atoms with Crippen molar-refractivity contribution in [2.24, 2.45) is 0 Å². The Kier molecular flexibility index (Phi) is 6.54. The lowest BCUT2D eigenvalue weighted by Gasteiger charge is -2.40. The lowest BCUT2D eigenvalue weighted by atomic mass is 10.1. The smallest absolute Gasteiger partial charge is 0.246 e. The summed E-state index contributed by atoms with van der Waals surface area (Å²) >= 11 is 0. The van der Waals surface area contributed by atoms with E-state index < -0.39 is 32.4 Å². The van der Waals surface area contributed by atoms with Crippen molar-refractivity contribution in [1.82, 2.24) is 14.5 Å². The molecule has 1 N–H and O–H groups in total. The molecule has 0 spiro atoms. The topological polar surface area (TPSA) is 69.7 Å². The number of carbonyl (C=O) groups is 1. The number of hydrogen-bond donors (Lipinski definition) is 1. The van der Waals surface area contributed by atoms with Crippen LogP contribution in [0.2, 0.25) is 0 Å². The standard InChI is InChI=1S/C15H18F3N3O3S.ClH/c16-11-3-4-12(15(18)14(11)17)25(23,24)20-6-1-2-10(9-20)21-7-5-19-8-13(21)22;/h3-4,10,19H,1-2,5-9H2;1H. The van der Waals surface area contributed by atoms with Crippen LogP contribution in [0.25, 0.3) is 0 Å². The van der Waals surface area contributed by atoms with Crippen LogP contribution >= 0.6 is 12.4 Å². The highest BCUT2D eigenvalue weighted by molar-refractivity contribution is 7.89. The Balaban J connectivity index is 0.00000243. The third-order valence-corrected chi connectivity index (χ3v) is 6.43. The molecule has 0 radical (unpaired) electrons. The van der Waals surface area contributed by atoms with Crippen LogP contribution in [-0.4, -0.2) is 62.3 Å². The summed E-state index contributed by atoms with van der Waals surface area (Å²) in [6.45, 7) is 1.43. The molecule has 1 aromatic carbocycles. The molecule has 0 aliphatic carbocycles. The van der Waals surface area contributed by atoms with Gasteiger partial charge in [-0.25, -0.2) is 21.6 Å². The zero-order chi connectivity index (χ0) is 18.2. The number of nitrogens with one attached hydrogen (secondary N) is 1. The van der Waals surface area contributed by atoms with Crippen LogP contribution in [0.5, 0.6) is 0 Å². The van der Waals surface area contributed by atoms with Gasteiger partial charge in [-0.05, 0) is 25.0 Å². The van der Waals surface area contributed by atoms with Gasteiger partial charge in [0.1, 0.15) is 4.90 Å². The van der Waals surface area contributed by atoms with Crippen molar-refractivity contribution in [3.63, 3.8) is 0 Å². The minimum atomic E-state index is -4.32. The second-order valence-corrected chi connectivity index (χ2v) is 8.00. The van der Waals surface area contributed by atoms with Gasteiger partial charge in [0.2, 0.25) is 15.9 Å². The van der Waals surface area contributed by atoms with Gasteiger partial charge in [-0.1, -0.05) is 0 Å². The Morgan fingerprint density at radius 1 is 1.12 bits per heavy atom. The molecule has 3 rings (SSSR count). The van der Waals surface area contributed by atoms with Crippen molar-refractivity contribution < 1.29 is 26.4 Å². The number of nitrogens with zero attached hydrogens (tertiary/aromatic N) is 2. The van der Waals surface area contributed by atoms with E-state index in [2.05, 4.69) is 5.32 Å². The van der Waals surface area contributed by atoms with Crippen molar-refractivity contribution in [3.05, 3.63) is 29.6 Å². The molecule has 0 aromatic heterocycles. The van der Waals surface area contributed by atoms with Gasteiger partial charge in [-0.3, -0.25) is 4.79 Å². The van der Waals surface area contributed by atoms with Crippen LogP contribution in [0.15, 0.2) is 17.0 Å². The Bertz CT molecular complexity index is 794. The number of sulfonamides is 1. The van der Waals surface area contributed by atoms with Crippen molar-refractivity contribution in [1.29, 1.82) is 0 Å². The lowest BCUT2D eigenvalue weighted by Crippen LogP contribution is -2.57. The van der Waals surface area contributed by atoms with Crippen LogP contribution < -0.4 is 5.32 Å². The van der Waals surface area contributed by atoms with Crippen LogP contribution in [0.3, 0.4) is 0 Å².